The minimum Gasteiger partial charge on any atom is -0.326 e. The summed E-state index contributed by atoms with van der Waals surface area (Å²) in [5, 5.41) is 8.42. The topological polar surface area (TPSA) is 116 Å². The van der Waals surface area contributed by atoms with Crippen molar-refractivity contribution in [1.29, 1.82) is 0 Å². The molecule has 158 valence electrons. The van der Waals surface area contributed by atoms with E-state index in [-0.39, 0.29) is 29.7 Å². The van der Waals surface area contributed by atoms with Crippen LogP contribution < -0.4 is 21.5 Å². The van der Waals surface area contributed by atoms with Crippen molar-refractivity contribution in [1.82, 2.24) is 9.97 Å². The second-order valence-corrected chi connectivity index (χ2v) is 7.51. The number of hydrogen-bond acceptors (Lipinski definition) is 5. The number of nitrogens with zero attached hydrogens (tertiary/aromatic N) is 1. The van der Waals surface area contributed by atoms with Gasteiger partial charge >= 0.3 is 0 Å². The summed E-state index contributed by atoms with van der Waals surface area (Å²) in [6, 6.07) is 15.0. The quantitative estimate of drug-likeness (QED) is 0.507. The predicted octanol–water partition coefficient (Wildman–Crippen LogP) is 3.45. The molecule has 0 saturated heterocycles. The minimum absolute atomic E-state index is 0.0936. The molecule has 0 radical (unpaired) electrons. The molecule has 2 heterocycles. The molecule has 8 nitrogen and oxygen atoms in total. The largest absolute Gasteiger partial charge is 0.326 e. The second kappa shape index (κ2) is 8.43. The first kappa shape index (κ1) is 20.3. The van der Waals surface area contributed by atoms with Crippen LogP contribution in [0.4, 0.5) is 23.1 Å². The highest BCUT2D eigenvalue weighted by Gasteiger charge is 2.34. The van der Waals surface area contributed by atoms with Crippen molar-refractivity contribution in [2.75, 3.05) is 16.0 Å². The van der Waals surface area contributed by atoms with Crippen LogP contribution in [-0.2, 0) is 16.0 Å². The van der Waals surface area contributed by atoms with E-state index < -0.39 is 17.4 Å². The number of carbonyl (C=O) groups excluding carboxylic acids is 2. The highest BCUT2D eigenvalue weighted by Crippen LogP contribution is 2.30. The van der Waals surface area contributed by atoms with Crippen LogP contribution in [0.1, 0.15) is 36.0 Å². The number of carbonyl (C=O) groups is 2. The number of aromatic nitrogens is 2. The van der Waals surface area contributed by atoms with Gasteiger partial charge in [0.1, 0.15) is 5.82 Å². The van der Waals surface area contributed by atoms with Crippen LogP contribution in [0.15, 0.2) is 53.3 Å². The molecule has 4 N–H and O–H groups in total. The van der Waals surface area contributed by atoms with Gasteiger partial charge in [-0.25, -0.2) is 0 Å². The molecule has 1 aromatic heterocycles. The van der Waals surface area contributed by atoms with Gasteiger partial charge < -0.3 is 16.0 Å². The lowest BCUT2D eigenvalue weighted by Crippen LogP contribution is -2.36. The molecule has 0 fully saturated rings. The van der Waals surface area contributed by atoms with Crippen molar-refractivity contribution in [3.63, 3.8) is 0 Å². The summed E-state index contributed by atoms with van der Waals surface area (Å²) >= 11 is 0. The van der Waals surface area contributed by atoms with Crippen LogP contribution in [0.3, 0.4) is 0 Å². The van der Waals surface area contributed by atoms with Gasteiger partial charge in [-0.15, -0.1) is 0 Å². The molecular weight excluding hydrogens is 394 g/mol. The summed E-state index contributed by atoms with van der Waals surface area (Å²) in [6.45, 7) is 4.02. The van der Waals surface area contributed by atoms with Gasteiger partial charge in [0.25, 0.3) is 5.56 Å². The Bertz CT molecular complexity index is 1180. The van der Waals surface area contributed by atoms with E-state index in [1.165, 1.54) is 0 Å². The van der Waals surface area contributed by atoms with Crippen molar-refractivity contribution in [3.05, 3.63) is 75.6 Å². The van der Waals surface area contributed by atoms with Gasteiger partial charge in [-0.1, -0.05) is 36.8 Å². The molecule has 2 amide bonds. The Balaban J connectivity index is 1.60. The Morgan fingerprint density at radius 2 is 1.74 bits per heavy atom. The Kier molecular flexibility index (Phi) is 5.53. The summed E-state index contributed by atoms with van der Waals surface area (Å²) in [5.41, 5.74) is 3.27. The zero-order chi connectivity index (χ0) is 22.0. The maximum Gasteiger partial charge on any atom is 0.258 e. The molecule has 1 aliphatic rings. The maximum absolute atomic E-state index is 12.9. The first-order valence-corrected chi connectivity index (χ1v) is 10.1. The van der Waals surface area contributed by atoms with Gasteiger partial charge in [-0.2, -0.15) is 4.98 Å². The highest BCUT2D eigenvalue weighted by molar-refractivity contribution is 6.04. The lowest BCUT2D eigenvalue weighted by molar-refractivity contribution is -0.123. The van der Waals surface area contributed by atoms with Crippen LogP contribution in [0.2, 0.25) is 0 Å². The van der Waals surface area contributed by atoms with E-state index in [2.05, 4.69) is 25.9 Å². The van der Waals surface area contributed by atoms with Gasteiger partial charge in [0, 0.05) is 17.8 Å². The molecule has 3 aromatic rings. The molecule has 0 bridgehead atoms. The monoisotopic (exact) mass is 417 g/mol. The predicted molar refractivity (Wildman–Crippen MR) is 120 cm³/mol. The van der Waals surface area contributed by atoms with Crippen LogP contribution in [0.25, 0.3) is 0 Å². The summed E-state index contributed by atoms with van der Waals surface area (Å²) in [5.74, 6) is -1.44. The van der Waals surface area contributed by atoms with Crippen molar-refractivity contribution >= 4 is 35.0 Å². The molecule has 1 atom stereocenters. The van der Waals surface area contributed by atoms with Gasteiger partial charge in [0.2, 0.25) is 17.8 Å². The normalized spacial score (nSPS) is 15.0. The molecule has 1 aliphatic heterocycles. The van der Waals surface area contributed by atoms with Crippen molar-refractivity contribution < 1.29 is 9.59 Å². The fourth-order valence-corrected chi connectivity index (χ4v) is 3.48. The van der Waals surface area contributed by atoms with Gasteiger partial charge in [0.05, 0.1) is 11.5 Å². The highest BCUT2D eigenvalue weighted by atomic mass is 16.2. The third-order valence-corrected chi connectivity index (χ3v) is 5.21. The van der Waals surface area contributed by atoms with Crippen LogP contribution in [0.5, 0.6) is 0 Å². The van der Waals surface area contributed by atoms with E-state index >= 15 is 0 Å². The molecule has 4 rings (SSSR count). The van der Waals surface area contributed by atoms with Gasteiger partial charge in [-0.05, 0) is 43.2 Å². The standard InChI is InChI=1S/C23H23N5O3/c1-3-14-6-10-15(11-7-14)24-21(30)17-12-18(29)26-20-19(17)22(31)28-23(27-20)25-16-8-4-13(2)5-9-16/h4-11,17H,3,12H2,1-2H3,(H,24,30)(H3,25,26,27,28,29,31)/t17-/m1/s1. The smallest absolute Gasteiger partial charge is 0.258 e. The number of nitrogens with one attached hydrogen (secondary N) is 4. The summed E-state index contributed by atoms with van der Waals surface area (Å²) in [6.07, 6.45) is 0.770. The fraction of sp³-hybridized carbons (Fsp3) is 0.217. The first-order chi connectivity index (χ1) is 14.9. The van der Waals surface area contributed by atoms with Gasteiger partial charge in [-0.3, -0.25) is 19.4 Å². The average Bonchev–Trinajstić information content (AvgIpc) is 2.75. The number of anilines is 4. The first-order valence-electron chi connectivity index (χ1n) is 10.1. The molecule has 2 aromatic carbocycles. The van der Waals surface area contributed by atoms with Crippen LogP contribution >= 0.6 is 0 Å². The molecule has 0 saturated carbocycles. The third kappa shape index (κ3) is 4.48. The van der Waals surface area contributed by atoms with Crippen LogP contribution in [-0.4, -0.2) is 21.8 Å². The number of benzene rings is 2. The number of hydrogen-bond donors (Lipinski definition) is 4. The zero-order valence-corrected chi connectivity index (χ0v) is 17.3. The lowest BCUT2D eigenvalue weighted by atomic mass is 9.92. The average molecular weight is 417 g/mol. The van der Waals surface area contributed by atoms with E-state index in [0.717, 1.165) is 23.2 Å². The summed E-state index contributed by atoms with van der Waals surface area (Å²) in [4.78, 5) is 44.9. The van der Waals surface area contributed by atoms with E-state index in [4.69, 9.17) is 0 Å². The lowest BCUT2D eigenvalue weighted by Gasteiger charge is -2.23. The number of aryl methyl sites for hydroxylation is 2. The number of fused-ring (bicyclic) bond motifs is 1. The molecule has 8 heteroatoms. The summed E-state index contributed by atoms with van der Waals surface area (Å²) in [7, 11) is 0. The van der Waals surface area contributed by atoms with E-state index in [9.17, 15) is 14.4 Å². The molecule has 31 heavy (non-hydrogen) atoms. The Hall–Kier alpha value is -3.94. The molecular formula is C23H23N5O3. The minimum atomic E-state index is -0.931. The maximum atomic E-state index is 12.9. The molecule has 0 unspecified atom stereocenters. The summed E-state index contributed by atoms with van der Waals surface area (Å²) < 4.78 is 0. The molecule has 0 aliphatic carbocycles. The van der Waals surface area contributed by atoms with Crippen molar-refractivity contribution in [2.45, 2.75) is 32.6 Å². The fourth-order valence-electron chi connectivity index (χ4n) is 3.48. The Morgan fingerprint density at radius 3 is 2.42 bits per heavy atom. The Labute approximate surface area is 179 Å². The number of rotatable bonds is 5. The molecule has 0 spiro atoms. The SMILES string of the molecule is CCc1ccc(NC(=O)[C@@H]2CC(=O)Nc3nc(Nc4ccc(C)cc4)[nH]c(=O)c32)cc1. The third-order valence-electron chi connectivity index (χ3n) is 5.21. The zero-order valence-electron chi connectivity index (χ0n) is 17.3. The van der Waals surface area contributed by atoms with Crippen molar-refractivity contribution in [2.24, 2.45) is 0 Å². The Morgan fingerprint density at radius 1 is 1.06 bits per heavy atom. The number of H-pyrrole nitrogens is 1. The van der Waals surface area contributed by atoms with E-state index in [1.807, 2.05) is 50.2 Å². The van der Waals surface area contributed by atoms with E-state index in [1.54, 1.807) is 12.1 Å². The van der Waals surface area contributed by atoms with Gasteiger partial charge in [0.15, 0.2) is 0 Å². The van der Waals surface area contributed by atoms with Crippen LogP contribution in [0, 0.1) is 6.92 Å². The number of amides is 2. The second-order valence-electron chi connectivity index (χ2n) is 7.51. The van der Waals surface area contributed by atoms with Crippen molar-refractivity contribution in [3.8, 4) is 0 Å². The number of aromatic amines is 1. The van der Waals surface area contributed by atoms with E-state index in [0.29, 0.717) is 5.69 Å².